The number of ether oxygens (including phenoxy) is 1. The van der Waals surface area contributed by atoms with Crippen molar-refractivity contribution < 1.29 is 13.9 Å². The first-order valence-corrected chi connectivity index (χ1v) is 12.0. The molecule has 6 heteroatoms. The lowest BCUT2D eigenvalue weighted by Crippen LogP contribution is -2.72. The molecule has 35 heavy (non-hydrogen) atoms. The van der Waals surface area contributed by atoms with E-state index < -0.39 is 22.5 Å². The molecule has 3 rings (SSSR count). The summed E-state index contributed by atoms with van der Waals surface area (Å²) in [5, 5.41) is 0. The molecule has 2 fully saturated rings. The Morgan fingerprint density at radius 2 is 1.91 bits per heavy atom. The van der Waals surface area contributed by atoms with Gasteiger partial charge in [-0.05, 0) is 78.9 Å². The molecule has 2 aliphatic carbocycles. The van der Waals surface area contributed by atoms with Crippen molar-refractivity contribution in [3.8, 4) is 12.8 Å². The van der Waals surface area contributed by atoms with Crippen LogP contribution in [-0.4, -0.2) is 24.2 Å². The summed E-state index contributed by atoms with van der Waals surface area (Å²) in [6, 6.07) is 6.46. The molecule has 6 N–H and O–H groups in total. The number of allylic oxidation sites excluding steroid dienone is 5. The lowest BCUT2D eigenvalue weighted by atomic mass is 9.46. The van der Waals surface area contributed by atoms with Crippen LogP contribution < -0.4 is 17.2 Å². The number of carbonyl (C=O) groups excluding carboxylic acids is 1. The first-order chi connectivity index (χ1) is 16.5. The summed E-state index contributed by atoms with van der Waals surface area (Å²) in [4.78, 5) is 12.8. The molecule has 1 aromatic carbocycles. The van der Waals surface area contributed by atoms with E-state index in [9.17, 15) is 9.18 Å². The topological polar surface area (TPSA) is 104 Å². The number of benzene rings is 1. The van der Waals surface area contributed by atoms with E-state index in [4.69, 9.17) is 21.9 Å². The van der Waals surface area contributed by atoms with Gasteiger partial charge >= 0.3 is 5.97 Å². The Balaban J connectivity index is 0.00000210. The van der Waals surface area contributed by atoms with Crippen LogP contribution in [0.4, 0.5) is 4.39 Å². The van der Waals surface area contributed by atoms with Crippen LogP contribution in [0.25, 0.3) is 5.57 Å². The second kappa shape index (κ2) is 11.2. The highest BCUT2D eigenvalue weighted by molar-refractivity contribution is 5.81. The molecule has 5 nitrogen and oxygen atoms in total. The van der Waals surface area contributed by atoms with Crippen LogP contribution in [0.3, 0.4) is 0 Å². The molecule has 190 valence electrons. The molecule has 2 saturated carbocycles. The number of hydrogen-bond acceptors (Lipinski definition) is 5. The normalized spacial score (nSPS) is 33.4. The minimum Gasteiger partial charge on any atom is -0.468 e. The van der Waals surface area contributed by atoms with Crippen molar-refractivity contribution in [1.29, 1.82) is 0 Å². The minimum atomic E-state index is -1.16. The SMILES string of the molecule is C#C.COC(=O)[C@]1(N)C[C@]2(N)CCCCC2[C@](C)(/C=C/C(N)=C/C=C(\C)c2cccc(F)c2)[C@@H]1C. The predicted octanol–water partition coefficient (Wildman–Crippen LogP) is 4.68. The molecule has 0 bridgehead atoms. The standard InChI is InChI=1S/C27H38FN3O2.C2H2/c1-18(20-8-7-9-21(28)16-20)11-12-22(29)13-15-25(3)19(2)27(31,24(32)33-4)17-26(30)14-6-5-10-23(25)26;1-2/h7-9,11-13,15-16,19,23H,5-6,10,14,17,29-31H2,1-4H3;1-2H/b15-13+,18-11+,22-12-;/t19-,23?,25+,26+,27-;/m0./s1. The van der Waals surface area contributed by atoms with Crippen LogP contribution in [0.2, 0.25) is 0 Å². The van der Waals surface area contributed by atoms with Crippen molar-refractivity contribution in [2.45, 2.75) is 64.0 Å². The van der Waals surface area contributed by atoms with Gasteiger partial charge in [0.25, 0.3) is 0 Å². The number of nitrogens with two attached hydrogens (primary N) is 3. The molecule has 0 spiro atoms. The van der Waals surface area contributed by atoms with E-state index in [0.29, 0.717) is 12.1 Å². The van der Waals surface area contributed by atoms with Crippen molar-refractivity contribution in [1.82, 2.24) is 0 Å². The summed E-state index contributed by atoms with van der Waals surface area (Å²) in [6.07, 6.45) is 20.0. The Morgan fingerprint density at radius 3 is 2.54 bits per heavy atom. The lowest BCUT2D eigenvalue weighted by molar-refractivity contribution is -0.159. The summed E-state index contributed by atoms with van der Waals surface area (Å²) >= 11 is 0. The van der Waals surface area contributed by atoms with Crippen LogP contribution in [0.5, 0.6) is 0 Å². The third kappa shape index (κ3) is 5.69. The van der Waals surface area contributed by atoms with Crippen LogP contribution in [0, 0.1) is 35.9 Å². The van der Waals surface area contributed by atoms with Gasteiger partial charge in [-0.2, -0.15) is 0 Å². The van der Waals surface area contributed by atoms with E-state index in [1.807, 2.05) is 32.1 Å². The number of rotatable bonds is 5. The fraction of sp³-hybridized carbons (Fsp3) is 0.483. The Labute approximate surface area is 209 Å². The molecular formula is C29H40FN3O2. The van der Waals surface area contributed by atoms with Crippen LogP contribution in [0.1, 0.15) is 58.4 Å². The Hall–Kier alpha value is -2.88. The molecule has 5 atom stereocenters. The molecule has 0 heterocycles. The van der Waals surface area contributed by atoms with Crippen LogP contribution >= 0.6 is 0 Å². The first-order valence-electron chi connectivity index (χ1n) is 12.0. The average Bonchev–Trinajstić information content (AvgIpc) is 2.85. The number of esters is 1. The molecule has 1 unspecified atom stereocenters. The van der Waals surface area contributed by atoms with Crippen LogP contribution in [-0.2, 0) is 9.53 Å². The van der Waals surface area contributed by atoms with E-state index in [1.54, 1.807) is 12.1 Å². The first kappa shape index (κ1) is 28.4. The zero-order valence-corrected chi connectivity index (χ0v) is 21.4. The van der Waals surface area contributed by atoms with Crippen LogP contribution in [0.15, 0.2) is 54.3 Å². The number of hydrogen-bond donors (Lipinski definition) is 3. The predicted molar refractivity (Wildman–Crippen MR) is 141 cm³/mol. The summed E-state index contributed by atoms with van der Waals surface area (Å²) in [6.45, 7) is 6.07. The maximum atomic E-state index is 13.5. The van der Waals surface area contributed by atoms with Gasteiger partial charge in [0.15, 0.2) is 0 Å². The zero-order chi connectivity index (χ0) is 26.4. The number of terminal acetylenes is 1. The molecule has 0 amide bonds. The molecule has 2 aliphatic rings. The summed E-state index contributed by atoms with van der Waals surface area (Å²) in [5.74, 6) is -0.694. The van der Waals surface area contributed by atoms with Gasteiger partial charge in [0.1, 0.15) is 11.4 Å². The second-order valence-corrected chi connectivity index (χ2v) is 10.2. The minimum absolute atomic E-state index is 0.184. The van der Waals surface area contributed by atoms with Gasteiger partial charge in [0.05, 0.1) is 7.11 Å². The second-order valence-electron chi connectivity index (χ2n) is 10.2. The highest BCUT2D eigenvalue weighted by atomic mass is 19.1. The van der Waals surface area contributed by atoms with E-state index in [2.05, 4.69) is 25.8 Å². The van der Waals surface area contributed by atoms with E-state index in [-0.39, 0.29) is 17.7 Å². The van der Waals surface area contributed by atoms with Crippen molar-refractivity contribution in [2.24, 2.45) is 34.5 Å². The van der Waals surface area contributed by atoms with E-state index in [1.165, 1.54) is 19.2 Å². The van der Waals surface area contributed by atoms with Gasteiger partial charge in [0.2, 0.25) is 0 Å². The van der Waals surface area contributed by atoms with Gasteiger partial charge in [-0.1, -0.05) is 51.0 Å². The summed E-state index contributed by atoms with van der Waals surface area (Å²) in [7, 11) is 1.38. The van der Waals surface area contributed by atoms with Crippen molar-refractivity contribution in [3.05, 3.63) is 65.6 Å². The van der Waals surface area contributed by atoms with Gasteiger partial charge in [-0.25, -0.2) is 4.39 Å². The molecule has 0 radical (unpaired) electrons. The monoisotopic (exact) mass is 481 g/mol. The number of fused-ring (bicyclic) bond motifs is 1. The lowest BCUT2D eigenvalue weighted by Gasteiger charge is -2.61. The zero-order valence-electron chi connectivity index (χ0n) is 21.4. The molecule has 0 saturated heterocycles. The quantitative estimate of drug-likeness (QED) is 0.322. The van der Waals surface area contributed by atoms with E-state index in [0.717, 1.165) is 36.8 Å². The average molecular weight is 482 g/mol. The molecule has 1 aromatic rings. The maximum absolute atomic E-state index is 13.5. The van der Waals surface area contributed by atoms with Gasteiger partial charge in [-0.3, -0.25) is 4.79 Å². The Kier molecular flexibility index (Phi) is 9.11. The van der Waals surface area contributed by atoms with Gasteiger partial charge < -0.3 is 21.9 Å². The summed E-state index contributed by atoms with van der Waals surface area (Å²) in [5.41, 5.74) is 20.1. The van der Waals surface area contributed by atoms with Crippen molar-refractivity contribution in [2.75, 3.05) is 7.11 Å². The number of carbonyl (C=O) groups is 1. The smallest absolute Gasteiger partial charge is 0.326 e. The van der Waals surface area contributed by atoms with E-state index >= 15 is 0 Å². The maximum Gasteiger partial charge on any atom is 0.326 e. The van der Waals surface area contributed by atoms with Crippen molar-refractivity contribution >= 4 is 11.5 Å². The Morgan fingerprint density at radius 1 is 1.23 bits per heavy atom. The molecule has 0 aromatic heterocycles. The fourth-order valence-electron chi connectivity index (χ4n) is 6.04. The molecular weight excluding hydrogens is 441 g/mol. The fourth-order valence-corrected chi connectivity index (χ4v) is 6.04. The largest absolute Gasteiger partial charge is 0.468 e. The third-order valence-corrected chi connectivity index (χ3v) is 8.16. The highest BCUT2D eigenvalue weighted by Gasteiger charge is 2.63. The number of methoxy groups -OCH3 is 1. The van der Waals surface area contributed by atoms with Gasteiger partial charge in [0, 0.05) is 11.2 Å². The third-order valence-electron chi connectivity index (χ3n) is 8.16. The number of halogens is 1. The highest BCUT2D eigenvalue weighted by Crippen LogP contribution is 2.58. The summed E-state index contributed by atoms with van der Waals surface area (Å²) < 4.78 is 18.6. The molecule has 0 aliphatic heterocycles. The van der Waals surface area contributed by atoms with Gasteiger partial charge in [-0.15, -0.1) is 12.8 Å². The Bertz CT molecular complexity index is 1030. The van der Waals surface area contributed by atoms with Crippen molar-refractivity contribution in [3.63, 3.8) is 0 Å².